The summed E-state index contributed by atoms with van der Waals surface area (Å²) in [5.41, 5.74) is 5.16. The second-order valence-electron chi connectivity index (χ2n) is 4.48. The number of hydrogen-bond donors (Lipinski definition) is 3. The van der Waals surface area contributed by atoms with E-state index in [4.69, 9.17) is 5.73 Å². The van der Waals surface area contributed by atoms with Crippen LogP contribution in [0.3, 0.4) is 0 Å². The van der Waals surface area contributed by atoms with Crippen LogP contribution < -0.4 is 16.4 Å². The molecule has 0 bridgehead atoms. The van der Waals surface area contributed by atoms with Crippen molar-refractivity contribution in [2.75, 3.05) is 30.9 Å². The molecule has 0 aliphatic rings. The zero-order chi connectivity index (χ0) is 13.8. The van der Waals surface area contributed by atoms with Crippen LogP contribution in [0.5, 0.6) is 0 Å². The maximum absolute atomic E-state index is 11.6. The molecule has 0 radical (unpaired) electrons. The molecule has 0 unspecified atom stereocenters. The van der Waals surface area contributed by atoms with Gasteiger partial charge in [0.05, 0.1) is 5.41 Å². The summed E-state index contributed by atoms with van der Waals surface area (Å²) in [5, 5.41) is 6.35. The fourth-order valence-electron chi connectivity index (χ4n) is 1.36. The van der Waals surface area contributed by atoms with Crippen LogP contribution in [0, 0.1) is 5.41 Å². The van der Waals surface area contributed by atoms with Gasteiger partial charge in [-0.25, -0.2) is 9.97 Å². The minimum atomic E-state index is -0.520. The van der Waals surface area contributed by atoms with Crippen LogP contribution in [0.2, 0.25) is 0 Å². The minimum Gasteiger partial charge on any atom is -0.383 e. The van der Waals surface area contributed by atoms with Gasteiger partial charge in [0.1, 0.15) is 11.6 Å². The molecule has 1 aromatic heterocycles. The van der Waals surface area contributed by atoms with Gasteiger partial charge in [-0.2, -0.15) is 0 Å². The summed E-state index contributed by atoms with van der Waals surface area (Å²) in [7, 11) is 1.62. The lowest BCUT2D eigenvalue weighted by molar-refractivity contribution is -0.128. The highest BCUT2D eigenvalue weighted by Gasteiger charge is 2.26. The summed E-state index contributed by atoms with van der Waals surface area (Å²) in [6.07, 6.45) is 1.88. The zero-order valence-electron chi connectivity index (χ0n) is 11.1. The molecule has 100 valence electrons. The van der Waals surface area contributed by atoms with Crippen LogP contribution in [0.1, 0.15) is 13.8 Å². The Kier molecular flexibility index (Phi) is 4.77. The molecule has 1 aromatic rings. The number of amides is 1. The number of thioether (sulfide) groups is 1. The summed E-state index contributed by atoms with van der Waals surface area (Å²) < 4.78 is 0. The highest BCUT2D eigenvalue weighted by atomic mass is 32.2. The number of nitrogens with two attached hydrogens (primary N) is 1. The number of nitrogens with one attached hydrogen (secondary N) is 2. The number of anilines is 2. The lowest BCUT2D eigenvalue weighted by Gasteiger charge is -2.23. The van der Waals surface area contributed by atoms with Gasteiger partial charge in [-0.15, -0.1) is 0 Å². The SMILES string of the molecule is CNC(=O)C(C)(C)CNc1cc(N)nc(SC)n1. The van der Waals surface area contributed by atoms with Gasteiger partial charge in [0, 0.05) is 19.7 Å². The fraction of sp³-hybridized carbons (Fsp3) is 0.545. The van der Waals surface area contributed by atoms with Crippen molar-refractivity contribution in [1.82, 2.24) is 15.3 Å². The molecule has 0 atom stereocenters. The Hall–Kier alpha value is -1.50. The van der Waals surface area contributed by atoms with Gasteiger partial charge >= 0.3 is 0 Å². The molecular formula is C11H19N5OS. The van der Waals surface area contributed by atoms with E-state index in [0.29, 0.717) is 23.3 Å². The Morgan fingerprint density at radius 1 is 1.50 bits per heavy atom. The molecular weight excluding hydrogens is 250 g/mol. The third-order valence-corrected chi connectivity index (χ3v) is 3.01. The van der Waals surface area contributed by atoms with Crippen molar-refractivity contribution in [1.29, 1.82) is 0 Å². The number of hydrogen-bond acceptors (Lipinski definition) is 6. The molecule has 1 amide bonds. The average Bonchev–Trinajstić information content (AvgIpc) is 2.34. The van der Waals surface area contributed by atoms with Crippen LogP contribution in [0.15, 0.2) is 11.2 Å². The van der Waals surface area contributed by atoms with Gasteiger partial charge in [0.25, 0.3) is 0 Å². The van der Waals surface area contributed by atoms with Crippen molar-refractivity contribution in [2.24, 2.45) is 5.41 Å². The van der Waals surface area contributed by atoms with E-state index in [2.05, 4.69) is 20.6 Å². The Balaban J connectivity index is 2.74. The van der Waals surface area contributed by atoms with Crippen molar-refractivity contribution in [3.8, 4) is 0 Å². The molecule has 4 N–H and O–H groups in total. The molecule has 0 saturated heterocycles. The van der Waals surface area contributed by atoms with Gasteiger partial charge in [-0.05, 0) is 20.1 Å². The van der Waals surface area contributed by atoms with Crippen molar-refractivity contribution in [3.63, 3.8) is 0 Å². The lowest BCUT2D eigenvalue weighted by atomic mass is 9.92. The van der Waals surface area contributed by atoms with Gasteiger partial charge in [0.15, 0.2) is 5.16 Å². The van der Waals surface area contributed by atoms with E-state index in [1.807, 2.05) is 20.1 Å². The molecule has 1 rings (SSSR count). The molecule has 6 nitrogen and oxygen atoms in total. The van der Waals surface area contributed by atoms with Crippen molar-refractivity contribution in [2.45, 2.75) is 19.0 Å². The monoisotopic (exact) mass is 269 g/mol. The quantitative estimate of drug-likeness (QED) is 0.545. The fourth-order valence-corrected chi connectivity index (χ4v) is 1.74. The Labute approximate surface area is 111 Å². The molecule has 0 aromatic carbocycles. The van der Waals surface area contributed by atoms with Crippen LogP contribution in [-0.4, -0.2) is 35.7 Å². The van der Waals surface area contributed by atoms with E-state index in [-0.39, 0.29) is 5.91 Å². The standard InChI is InChI=1S/C11H19N5OS/c1-11(2,9(17)13-3)6-14-8-5-7(12)15-10(16-8)18-4/h5H,6H2,1-4H3,(H,13,17)(H3,12,14,15,16). The lowest BCUT2D eigenvalue weighted by Crippen LogP contribution is -2.39. The van der Waals surface area contributed by atoms with Gasteiger partial charge < -0.3 is 16.4 Å². The number of nitrogens with zero attached hydrogens (tertiary/aromatic N) is 2. The largest absolute Gasteiger partial charge is 0.383 e. The highest BCUT2D eigenvalue weighted by molar-refractivity contribution is 7.98. The summed E-state index contributed by atoms with van der Waals surface area (Å²) in [5.74, 6) is 1.01. The van der Waals surface area contributed by atoms with E-state index in [1.165, 1.54) is 11.8 Å². The van der Waals surface area contributed by atoms with E-state index in [9.17, 15) is 4.79 Å². The molecule has 0 aliphatic heterocycles. The minimum absolute atomic E-state index is 0.0258. The second kappa shape index (κ2) is 5.90. The highest BCUT2D eigenvalue weighted by Crippen LogP contribution is 2.19. The van der Waals surface area contributed by atoms with Crippen LogP contribution >= 0.6 is 11.8 Å². The molecule has 0 aliphatic carbocycles. The van der Waals surface area contributed by atoms with Crippen molar-refractivity contribution in [3.05, 3.63) is 6.07 Å². The first-order valence-corrected chi connectivity index (χ1v) is 6.76. The number of carbonyl (C=O) groups excluding carboxylic acids is 1. The van der Waals surface area contributed by atoms with E-state index in [1.54, 1.807) is 13.1 Å². The number of rotatable bonds is 5. The third kappa shape index (κ3) is 3.76. The van der Waals surface area contributed by atoms with Crippen molar-refractivity contribution >= 4 is 29.3 Å². The summed E-state index contributed by atoms with van der Waals surface area (Å²) in [4.78, 5) is 20.0. The van der Waals surface area contributed by atoms with E-state index < -0.39 is 5.41 Å². The molecule has 7 heteroatoms. The maximum atomic E-state index is 11.6. The smallest absolute Gasteiger partial charge is 0.227 e. The Bertz CT molecular complexity index is 435. The van der Waals surface area contributed by atoms with Crippen LogP contribution in [0.4, 0.5) is 11.6 Å². The first-order valence-electron chi connectivity index (χ1n) is 5.53. The third-order valence-electron chi connectivity index (χ3n) is 2.46. The van der Waals surface area contributed by atoms with Gasteiger partial charge in [-0.3, -0.25) is 4.79 Å². The summed E-state index contributed by atoms with van der Waals surface area (Å²) in [6, 6.07) is 1.65. The Morgan fingerprint density at radius 2 is 2.17 bits per heavy atom. The molecule has 0 fully saturated rings. The number of carbonyl (C=O) groups is 1. The first-order chi connectivity index (χ1) is 8.39. The van der Waals surface area contributed by atoms with E-state index in [0.717, 1.165) is 0 Å². The second-order valence-corrected chi connectivity index (χ2v) is 5.25. The molecule has 0 saturated carbocycles. The number of aromatic nitrogens is 2. The number of nitrogen functional groups attached to an aromatic ring is 1. The van der Waals surface area contributed by atoms with Gasteiger partial charge in [0.2, 0.25) is 5.91 Å². The normalized spacial score (nSPS) is 11.1. The predicted molar refractivity (Wildman–Crippen MR) is 74.6 cm³/mol. The first kappa shape index (κ1) is 14.6. The Morgan fingerprint density at radius 3 is 2.72 bits per heavy atom. The maximum Gasteiger partial charge on any atom is 0.227 e. The molecule has 0 spiro atoms. The topological polar surface area (TPSA) is 92.9 Å². The van der Waals surface area contributed by atoms with Crippen LogP contribution in [0.25, 0.3) is 0 Å². The van der Waals surface area contributed by atoms with Crippen molar-refractivity contribution < 1.29 is 4.79 Å². The molecule has 1 heterocycles. The predicted octanol–water partition coefficient (Wildman–Crippen LogP) is 0.965. The van der Waals surface area contributed by atoms with Gasteiger partial charge in [-0.1, -0.05) is 11.8 Å². The summed E-state index contributed by atoms with van der Waals surface area (Å²) in [6.45, 7) is 4.19. The summed E-state index contributed by atoms with van der Waals surface area (Å²) >= 11 is 1.42. The van der Waals surface area contributed by atoms with Crippen LogP contribution in [-0.2, 0) is 4.79 Å². The molecule has 18 heavy (non-hydrogen) atoms. The van der Waals surface area contributed by atoms with E-state index >= 15 is 0 Å². The average molecular weight is 269 g/mol. The zero-order valence-corrected chi connectivity index (χ0v) is 11.9.